The average Bonchev–Trinajstić information content (AvgIpc) is 2.39. The van der Waals surface area contributed by atoms with Gasteiger partial charge in [0.25, 0.3) is 10.0 Å². The van der Waals surface area contributed by atoms with E-state index in [-0.39, 0.29) is 17.3 Å². The third-order valence-corrected chi connectivity index (χ3v) is 3.89. The van der Waals surface area contributed by atoms with Gasteiger partial charge in [-0.15, -0.1) is 12.4 Å². The second kappa shape index (κ2) is 6.56. The molecule has 2 aromatic rings. The standard InChI is InChI=1S/C13H14N2O2S.ClH/c14-10-11-6-8-13(9-7-11)18(16,17)15-12-4-2-1-3-5-12;/h1-9,15H,10,14H2;1H. The van der Waals surface area contributed by atoms with Crippen molar-refractivity contribution in [2.24, 2.45) is 5.73 Å². The number of anilines is 1. The number of nitrogens with one attached hydrogen (secondary N) is 1. The van der Waals surface area contributed by atoms with Gasteiger partial charge >= 0.3 is 0 Å². The SMILES string of the molecule is Cl.NCc1ccc(S(=O)(=O)Nc2ccccc2)cc1. The van der Waals surface area contributed by atoms with Crippen molar-refractivity contribution in [1.82, 2.24) is 0 Å². The van der Waals surface area contributed by atoms with Crippen LogP contribution in [0.1, 0.15) is 5.56 Å². The van der Waals surface area contributed by atoms with Crippen LogP contribution in [0.3, 0.4) is 0 Å². The normalized spacial score (nSPS) is 10.6. The van der Waals surface area contributed by atoms with E-state index in [1.54, 1.807) is 48.5 Å². The van der Waals surface area contributed by atoms with Gasteiger partial charge in [0, 0.05) is 12.2 Å². The number of halogens is 1. The van der Waals surface area contributed by atoms with E-state index >= 15 is 0 Å². The summed E-state index contributed by atoms with van der Waals surface area (Å²) in [4.78, 5) is 0.226. The van der Waals surface area contributed by atoms with Gasteiger partial charge in [0.1, 0.15) is 0 Å². The molecule has 0 aliphatic rings. The second-order valence-corrected chi connectivity index (χ2v) is 5.50. The fourth-order valence-electron chi connectivity index (χ4n) is 1.52. The van der Waals surface area contributed by atoms with Crippen molar-refractivity contribution < 1.29 is 8.42 Å². The molecule has 0 unspecified atom stereocenters. The maximum atomic E-state index is 12.1. The average molecular weight is 299 g/mol. The molecule has 0 aromatic heterocycles. The van der Waals surface area contributed by atoms with Gasteiger partial charge in [0.15, 0.2) is 0 Å². The highest BCUT2D eigenvalue weighted by atomic mass is 35.5. The maximum absolute atomic E-state index is 12.1. The van der Waals surface area contributed by atoms with Crippen molar-refractivity contribution in [2.75, 3.05) is 4.72 Å². The molecule has 6 heteroatoms. The first kappa shape index (κ1) is 15.5. The number of hydrogen-bond donors (Lipinski definition) is 2. The topological polar surface area (TPSA) is 72.2 Å². The predicted molar refractivity (Wildman–Crippen MR) is 78.8 cm³/mol. The van der Waals surface area contributed by atoms with Gasteiger partial charge in [-0.25, -0.2) is 8.42 Å². The monoisotopic (exact) mass is 298 g/mol. The first-order chi connectivity index (χ1) is 8.62. The Hall–Kier alpha value is -1.56. The van der Waals surface area contributed by atoms with Crippen LogP contribution in [0, 0.1) is 0 Å². The zero-order chi connectivity index (χ0) is 13.0. The smallest absolute Gasteiger partial charge is 0.261 e. The summed E-state index contributed by atoms with van der Waals surface area (Å²) >= 11 is 0. The number of benzene rings is 2. The second-order valence-electron chi connectivity index (χ2n) is 3.82. The van der Waals surface area contributed by atoms with Crippen molar-refractivity contribution in [2.45, 2.75) is 11.4 Å². The molecule has 0 amide bonds. The molecule has 0 bridgehead atoms. The van der Waals surface area contributed by atoms with E-state index < -0.39 is 10.0 Å². The van der Waals surface area contributed by atoms with Gasteiger partial charge in [0.2, 0.25) is 0 Å². The van der Waals surface area contributed by atoms with E-state index in [0.29, 0.717) is 12.2 Å². The van der Waals surface area contributed by atoms with Crippen LogP contribution in [0.5, 0.6) is 0 Å². The molecular formula is C13H15ClN2O2S. The van der Waals surface area contributed by atoms with Crippen LogP contribution in [-0.2, 0) is 16.6 Å². The molecule has 4 nitrogen and oxygen atoms in total. The lowest BCUT2D eigenvalue weighted by molar-refractivity contribution is 0.601. The minimum absolute atomic E-state index is 0. The van der Waals surface area contributed by atoms with E-state index in [1.807, 2.05) is 6.07 Å². The quantitative estimate of drug-likeness (QED) is 0.910. The molecule has 0 saturated heterocycles. The summed E-state index contributed by atoms with van der Waals surface area (Å²) in [6, 6.07) is 15.3. The largest absolute Gasteiger partial charge is 0.326 e. The van der Waals surface area contributed by atoms with Gasteiger partial charge < -0.3 is 5.73 Å². The van der Waals surface area contributed by atoms with Gasteiger partial charge in [-0.1, -0.05) is 30.3 Å². The highest BCUT2D eigenvalue weighted by Crippen LogP contribution is 2.15. The molecule has 2 rings (SSSR count). The predicted octanol–water partition coefficient (Wildman–Crippen LogP) is 2.37. The summed E-state index contributed by atoms with van der Waals surface area (Å²) < 4.78 is 26.6. The summed E-state index contributed by atoms with van der Waals surface area (Å²) in [5.41, 5.74) is 6.91. The summed E-state index contributed by atoms with van der Waals surface area (Å²) in [5, 5.41) is 0. The van der Waals surface area contributed by atoms with E-state index in [2.05, 4.69) is 4.72 Å². The molecule has 0 fully saturated rings. The third-order valence-electron chi connectivity index (χ3n) is 2.50. The Kier molecular flexibility index (Phi) is 5.35. The van der Waals surface area contributed by atoms with Crippen LogP contribution in [0.15, 0.2) is 59.5 Å². The van der Waals surface area contributed by atoms with Crippen LogP contribution >= 0.6 is 12.4 Å². The molecule has 0 saturated carbocycles. The van der Waals surface area contributed by atoms with Crippen LogP contribution < -0.4 is 10.5 Å². The zero-order valence-electron chi connectivity index (χ0n) is 10.1. The van der Waals surface area contributed by atoms with Gasteiger partial charge in [0.05, 0.1) is 4.90 Å². The first-order valence-electron chi connectivity index (χ1n) is 5.49. The molecule has 0 spiro atoms. The summed E-state index contributed by atoms with van der Waals surface area (Å²) in [6.07, 6.45) is 0. The minimum atomic E-state index is -3.53. The van der Waals surface area contributed by atoms with Gasteiger partial charge in [-0.2, -0.15) is 0 Å². The van der Waals surface area contributed by atoms with Crippen LogP contribution in [0.4, 0.5) is 5.69 Å². The molecule has 19 heavy (non-hydrogen) atoms. The molecule has 2 aromatic carbocycles. The van der Waals surface area contributed by atoms with Crippen molar-refractivity contribution in [3.05, 3.63) is 60.2 Å². The Balaban J connectivity index is 0.00000180. The Bertz CT molecular complexity index is 613. The summed E-state index contributed by atoms with van der Waals surface area (Å²) in [5.74, 6) is 0. The number of rotatable bonds is 4. The van der Waals surface area contributed by atoms with Gasteiger partial charge in [-0.3, -0.25) is 4.72 Å². The van der Waals surface area contributed by atoms with E-state index in [1.165, 1.54) is 0 Å². The van der Waals surface area contributed by atoms with E-state index in [9.17, 15) is 8.42 Å². The van der Waals surface area contributed by atoms with Crippen molar-refractivity contribution in [3.63, 3.8) is 0 Å². The van der Waals surface area contributed by atoms with Crippen molar-refractivity contribution in [3.8, 4) is 0 Å². The number of hydrogen-bond acceptors (Lipinski definition) is 3. The Labute approximate surface area is 119 Å². The lowest BCUT2D eigenvalue weighted by Gasteiger charge is -2.08. The summed E-state index contributed by atoms with van der Waals surface area (Å²) in [6.45, 7) is 0.395. The first-order valence-corrected chi connectivity index (χ1v) is 6.97. The summed E-state index contributed by atoms with van der Waals surface area (Å²) in [7, 11) is -3.53. The van der Waals surface area contributed by atoms with E-state index in [0.717, 1.165) is 5.56 Å². The molecule has 0 radical (unpaired) electrons. The molecule has 0 aliphatic carbocycles. The highest BCUT2D eigenvalue weighted by Gasteiger charge is 2.13. The fraction of sp³-hybridized carbons (Fsp3) is 0.0769. The minimum Gasteiger partial charge on any atom is -0.326 e. The molecule has 102 valence electrons. The highest BCUT2D eigenvalue weighted by molar-refractivity contribution is 7.92. The maximum Gasteiger partial charge on any atom is 0.261 e. The van der Waals surface area contributed by atoms with E-state index in [4.69, 9.17) is 5.73 Å². The zero-order valence-corrected chi connectivity index (χ0v) is 11.7. The Morgan fingerprint density at radius 2 is 1.53 bits per heavy atom. The molecule has 3 N–H and O–H groups in total. The molecule has 0 aliphatic heterocycles. The van der Waals surface area contributed by atoms with Gasteiger partial charge in [-0.05, 0) is 29.8 Å². The number of sulfonamides is 1. The lowest BCUT2D eigenvalue weighted by atomic mass is 10.2. The molecule has 0 heterocycles. The third kappa shape index (κ3) is 3.96. The molecular weight excluding hydrogens is 284 g/mol. The fourth-order valence-corrected chi connectivity index (χ4v) is 2.58. The van der Waals surface area contributed by atoms with Crippen LogP contribution in [-0.4, -0.2) is 8.42 Å². The van der Waals surface area contributed by atoms with Crippen LogP contribution in [0.25, 0.3) is 0 Å². The number of nitrogens with two attached hydrogens (primary N) is 1. The van der Waals surface area contributed by atoms with Crippen molar-refractivity contribution in [1.29, 1.82) is 0 Å². The molecule has 0 atom stereocenters. The Morgan fingerprint density at radius 1 is 0.947 bits per heavy atom. The lowest BCUT2D eigenvalue weighted by Crippen LogP contribution is -2.12. The Morgan fingerprint density at radius 3 is 2.05 bits per heavy atom. The van der Waals surface area contributed by atoms with Crippen molar-refractivity contribution >= 4 is 28.1 Å². The number of para-hydroxylation sites is 1. The van der Waals surface area contributed by atoms with Crippen LogP contribution in [0.2, 0.25) is 0 Å².